The van der Waals surface area contributed by atoms with Crippen molar-refractivity contribution in [2.24, 2.45) is 5.41 Å². The fourth-order valence-electron chi connectivity index (χ4n) is 2.82. The fourth-order valence-corrected chi connectivity index (χ4v) is 2.82. The van der Waals surface area contributed by atoms with Crippen molar-refractivity contribution >= 4 is 11.8 Å². The summed E-state index contributed by atoms with van der Waals surface area (Å²) >= 11 is 0. The molecule has 16 heavy (non-hydrogen) atoms. The molecule has 2 aliphatic rings. The first kappa shape index (κ1) is 11.4. The standard InChI is InChI=1S/C13H19NO2/c1-13(2)8-4-3-5-10(9-13)14-11(15)6-7-12(14)16/h6-7,10H,3-5,8-9H2,1-2H3. The predicted octanol–water partition coefficient (Wildman–Crippen LogP) is 2.27. The van der Waals surface area contributed by atoms with Gasteiger partial charge in [0.2, 0.25) is 0 Å². The first-order valence-electron chi connectivity index (χ1n) is 6.05. The Labute approximate surface area is 96.5 Å². The molecular formula is C13H19NO2. The summed E-state index contributed by atoms with van der Waals surface area (Å²) in [5.41, 5.74) is 0.240. The summed E-state index contributed by atoms with van der Waals surface area (Å²) in [6, 6.07) is 0.104. The van der Waals surface area contributed by atoms with Gasteiger partial charge in [0.25, 0.3) is 11.8 Å². The summed E-state index contributed by atoms with van der Waals surface area (Å²) in [7, 11) is 0. The molecule has 1 atom stereocenters. The van der Waals surface area contributed by atoms with Crippen molar-refractivity contribution in [3.8, 4) is 0 Å². The second-order valence-electron chi connectivity index (χ2n) is 5.65. The summed E-state index contributed by atoms with van der Waals surface area (Å²) in [6.07, 6.45) is 8.18. The molecule has 0 aromatic rings. The van der Waals surface area contributed by atoms with Crippen molar-refractivity contribution in [2.45, 2.75) is 52.0 Å². The Morgan fingerprint density at radius 3 is 2.44 bits per heavy atom. The van der Waals surface area contributed by atoms with E-state index in [0.29, 0.717) is 0 Å². The second-order valence-corrected chi connectivity index (χ2v) is 5.65. The molecule has 3 nitrogen and oxygen atoms in total. The number of carbonyl (C=O) groups excluding carboxylic acids is 2. The SMILES string of the molecule is CC1(C)CCCCC(N2C(=O)C=CC2=O)C1. The Balaban J connectivity index is 2.14. The quantitative estimate of drug-likeness (QED) is 0.503. The Kier molecular flexibility index (Phi) is 2.87. The number of hydrogen-bond acceptors (Lipinski definition) is 2. The third-order valence-corrected chi connectivity index (χ3v) is 3.64. The fraction of sp³-hybridized carbons (Fsp3) is 0.692. The first-order chi connectivity index (χ1) is 7.49. The number of imide groups is 1. The molecule has 3 heteroatoms. The van der Waals surface area contributed by atoms with Gasteiger partial charge in [-0.2, -0.15) is 0 Å². The van der Waals surface area contributed by atoms with E-state index in [1.54, 1.807) is 0 Å². The average Bonchev–Trinajstić information content (AvgIpc) is 2.42. The molecule has 2 amide bonds. The molecule has 0 aromatic carbocycles. The zero-order chi connectivity index (χ0) is 11.8. The van der Waals surface area contributed by atoms with Crippen molar-refractivity contribution < 1.29 is 9.59 Å². The smallest absolute Gasteiger partial charge is 0.253 e. The third kappa shape index (κ3) is 2.18. The van der Waals surface area contributed by atoms with Crippen LogP contribution in [0.15, 0.2) is 12.2 Å². The van der Waals surface area contributed by atoms with Gasteiger partial charge in [-0.25, -0.2) is 0 Å². The molecule has 1 unspecified atom stereocenters. The van der Waals surface area contributed by atoms with Crippen LogP contribution < -0.4 is 0 Å². The van der Waals surface area contributed by atoms with Crippen LogP contribution in [0.1, 0.15) is 46.0 Å². The van der Waals surface area contributed by atoms with Gasteiger partial charge in [-0.3, -0.25) is 14.5 Å². The van der Waals surface area contributed by atoms with Crippen molar-refractivity contribution in [2.75, 3.05) is 0 Å². The zero-order valence-corrected chi connectivity index (χ0v) is 10.0. The van der Waals surface area contributed by atoms with E-state index in [4.69, 9.17) is 0 Å². The Morgan fingerprint density at radius 2 is 1.81 bits per heavy atom. The molecule has 1 aliphatic heterocycles. The number of nitrogens with zero attached hydrogens (tertiary/aromatic N) is 1. The van der Waals surface area contributed by atoms with Gasteiger partial charge in [0.15, 0.2) is 0 Å². The lowest BCUT2D eigenvalue weighted by atomic mass is 9.83. The topological polar surface area (TPSA) is 37.4 Å². The minimum absolute atomic E-state index is 0.104. The van der Waals surface area contributed by atoms with Crippen LogP contribution in [0.25, 0.3) is 0 Å². The van der Waals surface area contributed by atoms with E-state index in [9.17, 15) is 9.59 Å². The van der Waals surface area contributed by atoms with E-state index in [2.05, 4.69) is 13.8 Å². The summed E-state index contributed by atoms with van der Waals surface area (Å²) < 4.78 is 0. The van der Waals surface area contributed by atoms with Gasteiger partial charge in [0.05, 0.1) is 0 Å². The maximum atomic E-state index is 11.6. The second kappa shape index (κ2) is 4.04. The summed E-state index contributed by atoms with van der Waals surface area (Å²) in [6.45, 7) is 4.45. The number of hydrogen-bond donors (Lipinski definition) is 0. The van der Waals surface area contributed by atoms with Gasteiger partial charge < -0.3 is 0 Å². The average molecular weight is 221 g/mol. The first-order valence-corrected chi connectivity index (χ1v) is 6.05. The van der Waals surface area contributed by atoms with Crippen LogP contribution in [0.4, 0.5) is 0 Å². The number of amides is 2. The van der Waals surface area contributed by atoms with Crippen molar-refractivity contribution in [1.29, 1.82) is 0 Å². The largest absolute Gasteiger partial charge is 0.272 e. The van der Waals surface area contributed by atoms with Crippen LogP contribution in [0.2, 0.25) is 0 Å². The van der Waals surface area contributed by atoms with Gasteiger partial charge in [-0.15, -0.1) is 0 Å². The summed E-state index contributed by atoms with van der Waals surface area (Å²) in [5, 5.41) is 0. The van der Waals surface area contributed by atoms with Gasteiger partial charge in [-0.1, -0.05) is 26.7 Å². The predicted molar refractivity (Wildman–Crippen MR) is 61.6 cm³/mol. The van der Waals surface area contributed by atoms with E-state index in [1.807, 2.05) is 0 Å². The summed E-state index contributed by atoms with van der Waals surface area (Å²) in [5.74, 6) is -0.264. The molecule has 0 bridgehead atoms. The monoisotopic (exact) mass is 221 g/mol. The molecule has 0 N–H and O–H groups in total. The minimum atomic E-state index is -0.132. The van der Waals surface area contributed by atoms with Crippen molar-refractivity contribution in [3.05, 3.63) is 12.2 Å². The van der Waals surface area contributed by atoms with E-state index in [-0.39, 0.29) is 23.3 Å². The molecule has 1 saturated carbocycles. The maximum absolute atomic E-state index is 11.6. The van der Waals surface area contributed by atoms with E-state index < -0.39 is 0 Å². The normalized spacial score (nSPS) is 29.6. The lowest BCUT2D eigenvalue weighted by Gasteiger charge is -2.31. The lowest BCUT2D eigenvalue weighted by Crippen LogP contribution is -2.41. The lowest BCUT2D eigenvalue weighted by molar-refractivity contribution is -0.140. The third-order valence-electron chi connectivity index (χ3n) is 3.64. The highest BCUT2D eigenvalue weighted by Gasteiger charge is 2.35. The van der Waals surface area contributed by atoms with Gasteiger partial charge in [0, 0.05) is 18.2 Å². The molecular weight excluding hydrogens is 202 g/mol. The van der Waals surface area contributed by atoms with Crippen molar-refractivity contribution in [1.82, 2.24) is 4.90 Å². The van der Waals surface area contributed by atoms with Gasteiger partial charge in [0.1, 0.15) is 0 Å². The highest BCUT2D eigenvalue weighted by Crippen LogP contribution is 2.36. The maximum Gasteiger partial charge on any atom is 0.253 e. The molecule has 1 fully saturated rings. The molecule has 1 heterocycles. The van der Waals surface area contributed by atoms with Crippen LogP contribution in [0.3, 0.4) is 0 Å². The Bertz CT molecular complexity index is 326. The van der Waals surface area contributed by atoms with Crippen LogP contribution >= 0.6 is 0 Å². The van der Waals surface area contributed by atoms with Gasteiger partial charge >= 0.3 is 0 Å². The molecule has 2 rings (SSSR count). The zero-order valence-electron chi connectivity index (χ0n) is 10.0. The molecule has 0 spiro atoms. The van der Waals surface area contributed by atoms with Crippen LogP contribution in [-0.2, 0) is 9.59 Å². The Morgan fingerprint density at radius 1 is 1.19 bits per heavy atom. The van der Waals surface area contributed by atoms with E-state index in [0.717, 1.165) is 19.3 Å². The van der Waals surface area contributed by atoms with Crippen LogP contribution in [0.5, 0.6) is 0 Å². The molecule has 0 aromatic heterocycles. The summed E-state index contributed by atoms with van der Waals surface area (Å²) in [4.78, 5) is 24.7. The van der Waals surface area contributed by atoms with E-state index >= 15 is 0 Å². The molecule has 1 aliphatic carbocycles. The van der Waals surface area contributed by atoms with Crippen LogP contribution in [0, 0.1) is 5.41 Å². The molecule has 88 valence electrons. The van der Waals surface area contributed by atoms with Crippen LogP contribution in [-0.4, -0.2) is 22.8 Å². The minimum Gasteiger partial charge on any atom is -0.272 e. The Hall–Kier alpha value is -1.12. The highest BCUT2D eigenvalue weighted by molar-refractivity contribution is 6.13. The molecule has 0 saturated heterocycles. The number of rotatable bonds is 1. The molecule has 0 radical (unpaired) electrons. The highest BCUT2D eigenvalue weighted by atomic mass is 16.2. The van der Waals surface area contributed by atoms with Gasteiger partial charge in [-0.05, 0) is 24.7 Å². The van der Waals surface area contributed by atoms with Crippen molar-refractivity contribution in [3.63, 3.8) is 0 Å². The van der Waals surface area contributed by atoms with E-state index in [1.165, 1.54) is 29.9 Å². The number of carbonyl (C=O) groups is 2.